The van der Waals surface area contributed by atoms with Gasteiger partial charge in [0.05, 0.1) is 22.8 Å². The molecule has 24 heavy (non-hydrogen) atoms. The molecule has 0 amide bonds. The SMILES string of the molecule is Cc1cc2c(cc1S(=O)(=O)Nc1cccc(Cl)c1C)OCCN2C. The summed E-state index contributed by atoms with van der Waals surface area (Å²) in [7, 11) is -1.78. The van der Waals surface area contributed by atoms with Gasteiger partial charge < -0.3 is 9.64 Å². The lowest BCUT2D eigenvalue weighted by atomic mass is 10.1. The number of benzene rings is 2. The molecule has 1 aliphatic heterocycles. The third-order valence-corrected chi connectivity index (χ3v) is 6.07. The minimum absolute atomic E-state index is 0.205. The molecule has 2 aromatic rings. The van der Waals surface area contributed by atoms with E-state index in [0.717, 1.165) is 12.2 Å². The molecule has 1 heterocycles. The average Bonchev–Trinajstić information content (AvgIpc) is 2.52. The summed E-state index contributed by atoms with van der Waals surface area (Å²) in [5, 5.41) is 0.516. The van der Waals surface area contributed by atoms with E-state index in [4.69, 9.17) is 16.3 Å². The van der Waals surface area contributed by atoms with E-state index in [1.54, 1.807) is 38.1 Å². The van der Waals surface area contributed by atoms with Gasteiger partial charge in [0.15, 0.2) is 0 Å². The van der Waals surface area contributed by atoms with Crippen LogP contribution >= 0.6 is 11.6 Å². The van der Waals surface area contributed by atoms with E-state index in [0.29, 0.717) is 34.2 Å². The lowest BCUT2D eigenvalue weighted by Crippen LogP contribution is -2.29. The molecule has 1 N–H and O–H groups in total. The highest BCUT2D eigenvalue weighted by Crippen LogP contribution is 2.36. The zero-order valence-corrected chi connectivity index (χ0v) is 15.3. The van der Waals surface area contributed by atoms with Gasteiger partial charge in [0.1, 0.15) is 12.4 Å². The Morgan fingerprint density at radius 3 is 2.75 bits per heavy atom. The van der Waals surface area contributed by atoms with Crippen molar-refractivity contribution in [3.63, 3.8) is 0 Å². The van der Waals surface area contributed by atoms with Gasteiger partial charge in [-0.05, 0) is 43.2 Å². The summed E-state index contributed by atoms with van der Waals surface area (Å²) in [6.45, 7) is 4.87. The summed E-state index contributed by atoms with van der Waals surface area (Å²) in [4.78, 5) is 2.26. The number of ether oxygens (including phenoxy) is 1. The molecule has 0 saturated heterocycles. The highest BCUT2D eigenvalue weighted by molar-refractivity contribution is 7.92. The van der Waals surface area contributed by atoms with E-state index in [9.17, 15) is 8.42 Å². The van der Waals surface area contributed by atoms with Gasteiger partial charge in [-0.15, -0.1) is 0 Å². The van der Waals surface area contributed by atoms with Gasteiger partial charge in [-0.3, -0.25) is 4.72 Å². The minimum atomic E-state index is -3.74. The normalized spacial score (nSPS) is 14.1. The number of rotatable bonds is 3. The van der Waals surface area contributed by atoms with Gasteiger partial charge in [-0.1, -0.05) is 17.7 Å². The molecule has 0 aliphatic carbocycles. The average molecular weight is 367 g/mol. The van der Waals surface area contributed by atoms with Crippen molar-refractivity contribution in [2.75, 3.05) is 29.8 Å². The maximum absolute atomic E-state index is 12.8. The van der Waals surface area contributed by atoms with Gasteiger partial charge >= 0.3 is 0 Å². The number of nitrogens with zero attached hydrogens (tertiary/aromatic N) is 1. The van der Waals surface area contributed by atoms with Gasteiger partial charge in [0.25, 0.3) is 10.0 Å². The van der Waals surface area contributed by atoms with Crippen LogP contribution in [0.2, 0.25) is 5.02 Å². The summed E-state index contributed by atoms with van der Waals surface area (Å²) in [6, 6.07) is 8.56. The molecule has 0 atom stereocenters. The molecule has 0 aromatic heterocycles. The van der Waals surface area contributed by atoms with Crippen LogP contribution in [0.3, 0.4) is 0 Å². The summed E-state index contributed by atoms with van der Waals surface area (Å²) < 4.78 is 33.9. The maximum atomic E-state index is 12.8. The fourth-order valence-electron chi connectivity index (χ4n) is 2.69. The summed E-state index contributed by atoms with van der Waals surface area (Å²) in [6.07, 6.45) is 0. The second-order valence-electron chi connectivity index (χ2n) is 5.87. The van der Waals surface area contributed by atoms with Crippen molar-refractivity contribution in [3.05, 3.63) is 46.5 Å². The molecule has 0 radical (unpaired) electrons. The fourth-order valence-corrected chi connectivity index (χ4v) is 4.23. The third-order valence-electron chi connectivity index (χ3n) is 4.15. The molecule has 5 nitrogen and oxygen atoms in total. The van der Waals surface area contributed by atoms with Crippen LogP contribution in [0, 0.1) is 13.8 Å². The van der Waals surface area contributed by atoms with E-state index in [-0.39, 0.29) is 4.90 Å². The van der Waals surface area contributed by atoms with Crippen molar-refractivity contribution in [1.82, 2.24) is 0 Å². The van der Waals surface area contributed by atoms with Crippen molar-refractivity contribution in [2.24, 2.45) is 0 Å². The number of aryl methyl sites for hydroxylation is 1. The highest BCUT2D eigenvalue weighted by atomic mass is 35.5. The molecule has 128 valence electrons. The van der Waals surface area contributed by atoms with Crippen molar-refractivity contribution < 1.29 is 13.2 Å². The summed E-state index contributed by atoms with van der Waals surface area (Å²) in [5.41, 5.74) is 2.72. The first-order chi connectivity index (χ1) is 11.3. The third kappa shape index (κ3) is 3.03. The smallest absolute Gasteiger partial charge is 0.262 e. The van der Waals surface area contributed by atoms with Gasteiger partial charge in [0.2, 0.25) is 0 Å². The molecular weight excluding hydrogens is 348 g/mol. The quantitative estimate of drug-likeness (QED) is 0.901. The Labute approximate surface area is 147 Å². The summed E-state index contributed by atoms with van der Waals surface area (Å²) >= 11 is 6.07. The van der Waals surface area contributed by atoms with Crippen LogP contribution in [0.1, 0.15) is 11.1 Å². The standard InChI is InChI=1S/C17H19ClN2O3S/c1-11-9-15-16(23-8-7-20(15)3)10-17(11)24(21,22)19-14-6-4-5-13(18)12(14)2/h4-6,9-10,19H,7-8H2,1-3H3. The Kier molecular flexibility index (Phi) is 4.36. The number of hydrogen-bond acceptors (Lipinski definition) is 4. The first-order valence-electron chi connectivity index (χ1n) is 7.56. The van der Waals surface area contributed by atoms with Crippen LogP contribution in [0.25, 0.3) is 0 Å². The molecular formula is C17H19ClN2O3S. The molecule has 0 spiro atoms. The molecule has 0 unspecified atom stereocenters. The van der Waals surface area contributed by atoms with Crippen LogP contribution in [-0.2, 0) is 10.0 Å². The number of nitrogens with one attached hydrogen (secondary N) is 1. The van der Waals surface area contributed by atoms with Gasteiger partial charge in [0, 0.05) is 18.1 Å². The Morgan fingerprint density at radius 1 is 1.25 bits per heavy atom. The minimum Gasteiger partial charge on any atom is -0.490 e. The molecule has 7 heteroatoms. The zero-order valence-electron chi connectivity index (χ0n) is 13.8. The number of hydrogen-bond donors (Lipinski definition) is 1. The van der Waals surface area contributed by atoms with E-state index < -0.39 is 10.0 Å². The second kappa shape index (κ2) is 6.18. The number of sulfonamides is 1. The topological polar surface area (TPSA) is 58.6 Å². The second-order valence-corrected chi connectivity index (χ2v) is 7.93. The first kappa shape index (κ1) is 16.9. The van der Waals surface area contributed by atoms with Crippen LogP contribution in [0.5, 0.6) is 5.75 Å². The van der Waals surface area contributed by atoms with Gasteiger partial charge in [-0.25, -0.2) is 8.42 Å². The molecule has 0 saturated carbocycles. The van der Waals surface area contributed by atoms with Crippen molar-refractivity contribution in [2.45, 2.75) is 18.7 Å². The van der Waals surface area contributed by atoms with Crippen molar-refractivity contribution in [1.29, 1.82) is 0 Å². The molecule has 2 aromatic carbocycles. The molecule has 3 rings (SSSR count). The molecule has 1 aliphatic rings. The van der Waals surface area contributed by atoms with Crippen molar-refractivity contribution in [3.8, 4) is 5.75 Å². The van der Waals surface area contributed by atoms with E-state index >= 15 is 0 Å². The first-order valence-corrected chi connectivity index (χ1v) is 9.42. The predicted molar refractivity (Wildman–Crippen MR) is 96.9 cm³/mol. The maximum Gasteiger partial charge on any atom is 0.262 e. The van der Waals surface area contributed by atoms with Crippen LogP contribution < -0.4 is 14.4 Å². The Bertz CT molecular complexity index is 897. The van der Waals surface area contributed by atoms with E-state index in [2.05, 4.69) is 9.62 Å². The van der Waals surface area contributed by atoms with Crippen LogP contribution in [0.4, 0.5) is 11.4 Å². The Balaban J connectivity index is 2.03. The molecule has 0 bridgehead atoms. The highest BCUT2D eigenvalue weighted by Gasteiger charge is 2.24. The lowest BCUT2D eigenvalue weighted by Gasteiger charge is -2.28. The Morgan fingerprint density at radius 2 is 2.00 bits per heavy atom. The lowest BCUT2D eigenvalue weighted by molar-refractivity contribution is 0.310. The number of halogens is 1. The van der Waals surface area contributed by atoms with E-state index in [1.165, 1.54) is 0 Å². The fraction of sp³-hybridized carbons (Fsp3) is 0.294. The van der Waals surface area contributed by atoms with Gasteiger partial charge in [-0.2, -0.15) is 0 Å². The summed E-state index contributed by atoms with van der Waals surface area (Å²) in [5.74, 6) is 0.581. The predicted octanol–water partition coefficient (Wildman–Crippen LogP) is 3.59. The number of anilines is 2. The Hall–Kier alpha value is -1.92. The van der Waals surface area contributed by atoms with Crippen LogP contribution in [0.15, 0.2) is 35.2 Å². The number of fused-ring (bicyclic) bond motifs is 1. The largest absolute Gasteiger partial charge is 0.490 e. The zero-order chi connectivity index (χ0) is 17.5. The van der Waals surface area contributed by atoms with Crippen LogP contribution in [-0.4, -0.2) is 28.6 Å². The van der Waals surface area contributed by atoms with Crippen molar-refractivity contribution >= 4 is 33.0 Å². The number of likely N-dealkylation sites (N-methyl/N-ethyl adjacent to an activating group) is 1. The molecule has 0 fully saturated rings. The van der Waals surface area contributed by atoms with E-state index in [1.807, 2.05) is 13.1 Å². The monoisotopic (exact) mass is 366 g/mol.